The van der Waals surface area contributed by atoms with Gasteiger partial charge in [0.15, 0.2) is 17.4 Å². The van der Waals surface area contributed by atoms with Crippen molar-refractivity contribution < 1.29 is 27.1 Å². The van der Waals surface area contributed by atoms with Crippen molar-refractivity contribution in [3.8, 4) is 5.75 Å². The van der Waals surface area contributed by atoms with E-state index in [1.165, 1.54) is 18.2 Å². The minimum atomic E-state index is -1.88. The summed E-state index contributed by atoms with van der Waals surface area (Å²) in [6.45, 7) is 0. The van der Waals surface area contributed by atoms with Gasteiger partial charge in [-0.05, 0) is 18.2 Å². The molecule has 10 heteroatoms. The number of aromatic amines is 2. The number of anilines is 1. The summed E-state index contributed by atoms with van der Waals surface area (Å²) in [6, 6.07) is 4.05. The average molecular weight is 355 g/mol. The summed E-state index contributed by atoms with van der Waals surface area (Å²) in [6.07, 6.45) is 0. The fourth-order valence-corrected chi connectivity index (χ4v) is 2.29. The highest BCUT2D eigenvalue weighted by molar-refractivity contribution is 6.05. The molecule has 0 aliphatic rings. The lowest BCUT2D eigenvalue weighted by Crippen LogP contribution is -2.18. The third-order valence-electron chi connectivity index (χ3n) is 3.43. The second-order valence-electron chi connectivity index (χ2n) is 4.96. The van der Waals surface area contributed by atoms with Crippen LogP contribution >= 0.6 is 0 Å². The minimum Gasteiger partial charge on any atom is -0.491 e. The number of nitrogens with one attached hydrogen (secondary N) is 3. The largest absolute Gasteiger partial charge is 0.491 e. The molecule has 1 amide bonds. The van der Waals surface area contributed by atoms with E-state index < -0.39 is 46.2 Å². The second kappa shape index (κ2) is 5.96. The summed E-state index contributed by atoms with van der Waals surface area (Å²) >= 11 is 0. The van der Waals surface area contributed by atoms with Gasteiger partial charge in [-0.15, -0.1) is 0 Å². The van der Waals surface area contributed by atoms with Crippen LogP contribution in [-0.2, 0) is 0 Å². The van der Waals surface area contributed by atoms with Gasteiger partial charge in [0.25, 0.3) is 5.91 Å². The molecule has 6 nitrogen and oxygen atoms in total. The van der Waals surface area contributed by atoms with Gasteiger partial charge in [0, 0.05) is 5.69 Å². The molecule has 0 saturated carbocycles. The number of carbonyl (C=O) groups is 1. The fourth-order valence-electron chi connectivity index (χ4n) is 2.29. The second-order valence-corrected chi connectivity index (χ2v) is 4.96. The van der Waals surface area contributed by atoms with Crippen LogP contribution in [0.3, 0.4) is 0 Å². The van der Waals surface area contributed by atoms with E-state index in [1.54, 1.807) is 0 Å². The highest BCUT2D eigenvalue weighted by Crippen LogP contribution is 2.30. The third-order valence-corrected chi connectivity index (χ3v) is 3.43. The number of methoxy groups -OCH3 is 1. The SMILES string of the molecule is COc1c(F)c(F)c(C(=O)Nc2ccc3[nH]c(=O)[nH]c3c2)c(F)c1F. The number of hydrogen-bond donors (Lipinski definition) is 3. The lowest BCUT2D eigenvalue weighted by molar-refractivity contribution is 0.101. The topological polar surface area (TPSA) is 87.0 Å². The van der Waals surface area contributed by atoms with Crippen LogP contribution in [0, 0.1) is 23.3 Å². The van der Waals surface area contributed by atoms with E-state index >= 15 is 0 Å². The fraction of sp³-hybridized carbons (Fsp3) is 0.0667. The van der Waals surface area contributed by atoms with Crippen LogP contribution in [0.15, 0.2) is 23.0 Å². The van der Waals surface area contributed by atoms with Gasteiger partial charge >= 0.3 is 5.69 Å². The molecule has 130 valence electrons. The van der Waals surface area contributed by atoms with Crippen LogP contribution in [0.25, 0.3) is 11.0 Å². The Morgan fingerprint density at radius 3 is 2.20 bits per heavy atom. The standard InChI is InChI=1S/C15H9F4N3O3/c1-25-13-11(18)9(16)8(10(17)12(13)19)14(23)20-5-2-3-6-7(4-5)22-15(24)21-6/h2-4H,1H3,(H,20,23)(H2,21,22,24). The van der Waals surface area contributed by atoms with E-state index in [4.69, 9.17) is 0 Å². The van der Waals surface area contributed by atoms with Crippen molar-refractivity contribution in [1.82, 2.24) is 9.97 Å². The van der Waals surface area contributed by atoms with Crippen molar-refractivity contribution in [2.45, 2.75) is 0 Å². The van der Waals surface area contributed by atoms with Crippen LogP contribution in [0.1, 0.15) is 10.4 Å². The van der Waals surface area contributed by atoms with E-state index in [1.807, 2.05) is 0 Å². The normalized spacial score (nSPS) is 10.9. The van der Waals surface area contributed by atoms with Crippen molar-refractivity contribution >= 4 is 22.6 Å². The molecule has 0 aliphatic heterocycles. The number of halogens is 4. The quantitative estimate of drug-likeness (QED) is 0.499. The molecule has 0 unspecified atom stereocenters. The maximum atomic E-state index is 13.9. The maximum Gasteiger partial charge on any atom is 0.323 e. The van der Waals surface area contributed by atoms with Crippen molar-refractivity contribution in [2.75, 3.05) is 12.4 Å². The monoisotopic (exact) mass is 355 g/mol. The molecule has 3 aromatic rings. The lowest BCUT2D eigenvalue weighted by atomic mass is 10.1. The molecule has 0 saturated heterocycles. The maximum absolute atomic E-state index is 13.9. The number of benzene rings is 2. The summed E-state index contributed by atoms with van der Waals surface area (Å²) < 4.78 is 59.5. The smallest absolute Gasteiger partial charge is 0.323 e. The number of H-pyrrole nitrogens is 2. The molecule has 0 aliphatic carbocycles. The molecule has 2 aromatic carbocycles. The van der Waals surface area contributed by atoms with Gasteiger partial charge in [0.2, 0.25) is 11.6 Å². The first-order chi connectivity index (χ1) is 11.8. The Morgan fingerprint density at radius 1 is 1.00 bits per heavy atom. The first-order valence-corrected chi connectivity index (χ1v) is 6.76. The van der Waals surface area contributed by atoms with E-state index in [2.05, 4.69) is 20.0 Å². The predicted octanol–water partition coefficient (Wildman–Crippen LogP) is 2.67. The minimum absolute atomic E-state index is 0.0446. The van der Waals surface area contributed by atoms with Gasteiger partial charge in [0.05, 0.1) is 18.1 Å². The van der Waals surface area contributed by atoms with Crippen LogP contribution in [0.2, 0.25) is 0 Å². The molecule has 1 heterocycles. The molecule has 0 spiro atoms. The first-order valence-electron chi connectivity index (χ1n) is 6.76. The Balaban J connectivity index is 2.01. The number of carbonyl (C=O) groups excluding carboxylic acids is 1. The number of rotatable bonds is 3. The molecule has 0 radical (unpaired) electrons. The van der Waals surface area contributed by atoms with Gasteiger partial charge < -0.3 is 20.0 Å². The third kappa shape index (κ3) is 2.71. The van der Waals surface area contributed by atoms with E-state index in [0.717, 1.165) is 7.11 Å². The van der Waals surface area contributed by atoms with Gasteiger partial charge in [0.1, 0.15) is 5.56 Å². The summed E-state index contributed by atoms with van der Waals surface area (Å²) in [5.41, 5.74) is -1.13. The Morgan fingerprint density at radius 2 is 1.60 bits per heavy atom. The number of fused-ring (bicyclic) bond motifs is 1. The molecule has 1 aromatic heterocycles. The Kier molecular flexibility index (Phi) is 3.95. The number of amides is 1. The molecule has 0 bridgehead atoms. The van der Waals surface area contributed by atoms with Crippen LogP contribution in [-0.4, -0.2) is 23.0 Å². The molecular weight excluding hydrogens is 346 g/mol. The van der Waals surface area contributed by atoms with Crippen molar-refractivity contribution in [3.05, 3.63) is 57.5 Å². The summed E-state index contributed by atoms with van der Waals surface area (Å²) in [5.74, 6) is -10.1. The van der Waals surface area contributed by atoms with Crippen molar-refractivity contribution in [2.24, 2.45) is 0 Å². The Bertz CT molecular complexity index is 1030. The van der Waals surface area contributed by atoms with Gasteiger partial charge in [-0.1, -0.05) is 0 Å². The zero-order valence-corrected chi connectivity index (χ0v) is 12.5. The Hall–Kier alpha value is -3.30. The van der Waals surface area contributed by atoms with Gasteiger partial charge in [-0.2, -0.15) is 8.78 Å². The number of imidazole rings is 1. The van der Waals surface area contributed by atoms with Gasteiger partial charge in [-0.25, -0.2) is 13.6 Å². The molecule has 25 heavy (non-hydrogen) atoms. The predicted molar refractivity (Wildman–Crippen MR) is 79.7 cm³/mol. The zero-order valence-electron chi connectivity index (χ0n) is 12.5. The van der Waals surface area contributed by atoms with Crippen LogP contribution < -0.4 is 15.7 Å². The van der Waals surface area contributed by atoms with Gasteiger partial charge in [-0.3, -0.25) is 4.79 Å². The molecular formula is C15H9F4N3O3. The zero-order chi connectivity index (χ0) is 18.3. The van der Waals surface area contributed by atoms with Crippen LogP contribution in [0.4, 0.5) is 23.2 Å². The number of hydrogen-bond acceptors (Lipinski definition) is 3. The lowest BCUT2D eigenvalue weighted by Gasteiger charge is -2.11. The average Bonchev–Trinajstić information content (AvgIpc) is 2.93. The molecule has 0 fully saturated rings. The summed E-state index contributed by atoms with van der Waals surface area (Å²) in [4.78, 5) is 28.1. The molecule has 3 rings (SSSR count). The highest BCUT2D eigenvalue weighted by atomic mass is 19.2. The van der Waals surface area contributed by atoms with Crippen LogP contribution in [0.5, 0.6) is 5.75 Å². The Labute approximate surface area is 136 Å². The van der Waals surface area contributed by atoms with E-state index in [0.29, 0.717) is 11.0 Å². The number of ether oxygens (including phenoxy) is 1. The number of aromatic nitrogens is 2. The van der Waals surface area contributed by atoms with E-state index in [9.17, 15) is 27.2 Å². The highest BCUT2D eigenvalue weighted by Gasteiger charge is 2.30. The van der Waals surface area contributed by atoms with Crippen molar-refractivity contribution in [3.63, 3.8) is 0 Å². The summed E-state index contributed by atoms with van der Waals surface area (Å²) in [5, 5.41) is 2.10. The molecule has 0 atom stereocenters. The first kappa shape index (κ1) is 16.6. The van der Waals surface area contributed by atoms with E-state index in [-0.39, 0.29) is 5.69 Å². The summed E-state index contributed by atoms with van der Waals surface area (Å²) in [7, 11) is 0.826. The van der Waals surface area contributed by atoms with Crippen molar-refractivity contribution in [1.29, 1.82) is 0 Å². The molecule has 3 N–H and O–H groups in total.